The van der Waals surface area contributed by atoms with Crippen molar-refractivity contribution in [1.82, 2.24) is 19.8 Å². The Balaban J connectivity index is 1.66. The summed E-state index contributed by atoms with van der Waals surface area (Å²) in [4.78, 5) is 25.9. The lowest BCUT2D eigenvalue weighted by molar-refractivity contribution is -0.134. The molecule has 0 saturated carbocycles. The minimum Gasteiger partial charge on any atom is -0.483 e. The number of likely N-dealkylation sites (N-methyl/N-ethyl adjacent to an activating group) is 1. The fraction of sp³-hybridized carbons (Fsp3) is 0.375. The summed E-state index contributed by atoms with van der Waals surface area (Å²) < 4.78 is 6.07. The van der Waals surface area contributed by atoms with Gasteiger partial charge in [0.1, 0.15) is 5.75 Å². The molecule has 2 heterocycles. The predicted molar refractivity (Wildman–Crippen MR) is 128 cm³/mol. The number of anilines is 1. The van der Waals surface area contributed by atoms with Gasteiger partial charge in [0.2, 0.25) is 5.95 Å². The number of aromatic nitrogens is 2. The van der Waals surface area contributed by atoms with Gasteiger partial charge in [-0.25, -0.2) is 9.97 Å². The Morgan fingerprint density at radius 2 is 1.91 bits per heavy atom. The summed E-state index contributed by atoms with van der Waals surface area (Å²) in [6.07, 6.45) is 1.78. The molecule has 3 aromatic rings. The lowest BCUT2D eigenvalue weighted by atomic mass is 10.0. The third-order valence-corrected chi connectivity index (χ3v) is 5.80. The maximum atomic E-state index is 12.8. The lowest BCUT2D eigenvalue weighted by Crippen LogP contribution is -2.48. The number of nitrogens with zero attached hydrogens (tertiary/aromatic N) is 4. The highest BCUT2D eigenvalue weighted by Crippen LogP contribution is 2.37. The molecule has 1 aromatic heterocycles. The Morgan fingerprint density at radius 3 is 2.62 bits per heavy atom. The number of fused-ring (bicyclic) bond motifs is 1. The van der Waals surface area contributed by atoms with E-state index in [2.05, 4.69) is 27.2 Å². The molecule has 1 N–H and O–H groups in total. The van der Waals surface area contributed by atoms with Gasteiger partial charge >= 0.3 is 0 Å². The van der Waals surface area contributed by atoms with E-state index in [1.807, 2.05) is 55.1 Å². The highest BCUT2D eigenvalue weighted by atomic mass is 35.5. The summed E-state index contributed by atoms with van der Waals surface area (Å²) in [7, 11) is 2.06. The Bertz CT molecular complexity index is 1110. The highest BCUT2D eigenvalue weighted by molar-refractivity contribution is 6.33. The second-order valence-electron chi connectivity index (χ2n) is 8.35. The molecule has 1 aliphatic rings. The molecule has 168 valence electrons. The van der Waals surface area contributed by atoms with E-state index >= 15 is 0 Å². The molecule has 8 heteroatoms. The zero-order chi connectivity index (χ0) is 22.7. The number of piperazine rings is 1. The van der Waals surface area contributed by atoms with Gasteiger partial charge in [0.05, 0.1) is 5.52 Å². The molecular weight excluding hydrogens is 426 g/mol. The molecule has 0 unspecified atom stereocenters. The van der Waals surface area contributed by atoms with Crippen molar-refractivity contribution >= 4 is 34.4 Å². The van der Waals surface area contributed by atoms with Gasteiger partial charge in [-0.2, -0.15) is 0 Å². The van der Waals surface area contributed by atoms with Crippen molar-refractivity contribution in [3.63, 3.8) is 0 Å². The number of carbonyl (C=O) groups excluding carboxylic acids is 1. The number of rotatable bonds is 6. The summed E-state index contributed by atoms with van der Waals surface area (Å²) in [5.41, 5.74) is 2.38. The zero-order valence-corrected chi connectivity index (χ0v) is 19.4. The average Bonchev–Trinajstić information content (AvgIpc) is 2.77. The van der Waals surface area contributed by atoms with E-state index in [-0.39, 0.29) is 18.6 Å². The maximum Gasteiger partial charge on any atom is 0.260 e. The minimum atomic E-state index is -0.0329. The van der Waals surface area contributed by atoms with E-state index < -0.39 is 0 Å². The molecule has 1 saturated heterocycles. The van der Waals surface area contributed by atoms with Crippen LogP contribution in [0.1, 0.15) is 13.8 Å². The quantitative estimate of drug-likeness (QED) is 0.610. The minimum absolute atomic E-state index is 0.0202. The van der Waals surface area contributed by atoms with E-state index in [1.165, 1.54) is 0 Å². The van der Waals surface area contributed by atoms with Crippen molar-refractivity contribution in [1.29, 1.82) is 0 Å². The monoisotopic (exact) mass is 453 g/mol. The van der Waals surface area contributed by atoms with Crippen LogP contribution in [0.2, 0.25) is 5.02 Å². The number of amides is 1. The highest BCUT2D eigenvalue weighted by Gasteiger charge is 2.20. The van der Waals surface area contributed by atoms with Gasteiger partial charge in [-0.05, 0) is 33.0 Å². The first-order chi connectivity index (χ1) is 15.4. The molecule has 1 aliphatic heterocycles. The molecule has 0 radical (unpaired) electrons. The number of ether oxygens (including phenoxy) is 1. The van der Waals surface area contributed by atoms with Crippen molar-refractivity contribution in [3.05, 3.63) is 47.6 Å². The van der Waals surface area contributed by atoms with Crippen LogP contribution in [0, 0.1) is 0 Å². The number of hydrogen-bond acceptors (Lipinski definition) is 6. The van der Waals surface area contributed by atoms with Crippen molar-refractivity contribution < 1.29 is 9.53 Å². The van der Waals surface area contributed by atoms with Crippen LogP contribution >= 0.6 is 11.6 Å². The Kier molecular flexibility index (Phi) is 6.77. The molecule has 32 heavy (non-hydrogen) atoms. The number of carbonyl (C=O) groups is 1. The van der Waals surface area contributed by atoms with E-state index in [9.17, 15) is 4.79 Å². The van der Waals surface area contributed by atoms with Crippen LogP contribution in [-0.2, 0) is 4.79 Å². The molecule has 1 amide bonds. The summed E-state index contributed by atoms with van der Waals surface area (Å²) in [6, 6.07) is 11.6. The Hall–Kier alpha value is -2.90. The summed E-state index contributed by atoms with van der Waals surface area (Å²) in [5, 5.41) is 4.70. The van der Waals surface area contributed by atoms with Gasteiger partial charge in [0.15, 0.2) is 6.61 Å². The smallest absolute Gasteiger partial charge is 0.260 e. The molecule has 4 rings (SSSR count). The zero-order valence-electron chi connectivity index (χ0n) is 18.6. The van der Waals surface area contributed by atoms with E-state index in [0.717, 1.165) is 35.1 Å². The third-order valence-electron chi connectivity index (χ3n) is 5.47. The van der Waals surface area contributed by atoms with Crippen LogP contribution in [0.4, 0.5) is 5.95 Å². The SMILES string of the molecule is CC(C)Nc1ncc2cc(-c3ccccc3Cl)c(OCC(=O)N3CCN(C)CC3)cc2n1. The van der Waals surface area contributed by atoms with Crippen molar-refractivity contribution in [2.45, 2.75) is 19.9 Å². The summed E-state index contributed by atoms with van der Waals surface area (Å²) >= 11 is 6.49. The van der Waals surface area contributed by atoms with Crippen LogP contribution in [0.3, 0.4) is 0 Å². The van der Waals surface area contributed by atoms with Crippen LogP contribution in [0.5, 0.6) is 5.75 Å². The van der Waals surface area contributed by atoms with Crippen molar-refractivity contribution in [2.75, 3.05) is 45.2 Å². The van der Waals surface area contributed by atoms with Crippen LogP contribution < -0.4 is 10.1 Å². The first-order valence-electron chi connectivity index (χ1n) is 10.8. The second-order valence-corrected chi connectivity index (χ2v) is 8.76. The first kappa shape index (κ1) is 22.3. The fourth-order valence-corrected chi connectivity index (χ4v) is 3.92. The number of halogens is 1. The molecule has 0 bridgehead atoms. The van der Waals surface area contributed by atoms with Crippen LogP contribution in [0.15, 0.2) is 42.6 Å². The van der Waals surface area contributed by atoms with E-state index in [0.29, 0.717) is 29.8 Å². The topological polar surface area (TPSA) is 70.6 Å². The van der Waals surface area contributed by atoms with Gasteiger partial charge in [-0.15, -0.1) is 0 Å². The molecule has 0 spiro atoms. The molecule has 1 fully saturated rings. The first-order valence-corrected chi connectivity index (χ1v) is 11.2. The second kappa shape index (κ2) is 9.71. The van der Waals surface area contributed by atoms with Gasteiger partial charge in [-0.3, -0.25) is 4.79 Å². The molecule has 7 nitrogen and oxygen atoms in total. The van der Waals surface area contributed by atoms with Gasteiger partial charge in [0.25, 0.3) is 5.91 Å². The summed E-state index contributed by atoms with van der Waals surface area (Å²) in [6.45, 7) is 7.20. The predicted octanol–water partition coefficient (Wildman–Crippen LogP) is 3.92. The average molecular weight is 454 g/mol. The van der Waals surface area contributed by atoms with Crippen LogP contribution in [0.25, 0.3) is 22.0 Å². The van der Waals surface area contributed by atoms with Crippen LogP contribution in [-0.4, -0.2) is 71.6 Å². The Labute approximate surface area is 193 Å². The normalized spacial score (nSPS) is 14.7. The van der Waals surface area contributed by atoms with Gasteiger partial charge < -0.3 is 19.9 Å². The van der Waals surface area contributed by atoms with E-state index in [4.69, 9.17) is 16.3 Å². The molecular formula is C24H28ClN5O2. The maximum absolute atomic E-state index is 12.8. The Morgan fingerprint density at radius 1 is 1.16 bits per heavy atom. The molecule has 0 atom stereocenters. The number of nitrogens with one attached hydrogen (secondary N) is 1. The van der Waals surface area contributed by atoms with Crippen molar-refractivity contribution in [3.8, 4) is 16.9 Å². The van der Waals surface area contributed by atoms with Gasteiger partial charge in [0, 0.05) is 66.0 Å². The largest absolute Gasteiger partial charge is 0.483 e. The molecule has 2 aromatic carbocycles. The molecule has 0 aliphatic carbocycles. The number of hydrogen-bond donors (Lipinski definition) is 1. The van der Waals surface area contributed by atoms with Gasteiger partial charge in [-0.1, -0.05) is 29.8 Å². The van der Waals surface area contributed by atoms with Crippen molar-refractivity contribution in [2.24, 2.45) is 0 Å². The van der Waals surface area contributed by atoms with E-state index in [1.54, 1.807) is 6.20 Å². The standard InChI is InChI=1S/C24H28ClN5O2/c1-16(2)27-24-26-14-17-12-19(18-6-4-5-7-20(18)25)22(13-21(17)28-24)32-15-23(31)30-10-8-29(3)9-11-30/h4-7,12-14,16H,8-11,15H2,1-3H3,(H,26,27,28). The lowest BCUT2D eigenvalue weighted by Gasteiger charge is -2.32. The fourth-order valence-electron chi connectivity index (χ4n) is 3.68. The number of benzene rings is 2. The third kappa shape index (κ3) is 5.11. The summed E-state index contributed by atoms with van der Waals surface area (Å²) in [5.74, 6) is 1.10.